The normalized spacial score (nSPS) is 10.9. The number of para-hydroxylation sites is 1. The Labute approximate surface area is 140 Å². The van der Waals surface area contributed by atoms with Gasteiger partial charge in [0.05, 0.1) is 16.5 Å². The lowest BCUT2D eigenvalue weighted by molar-refractivity contribution is 0.102. The molecule has 0 unspecified atom stereocenters. The van der Waals surface area contributed by atoms with Crippen LogP contribution in [0.4, 0.5) is 5.82 Å². The van der Waals surface area contributed by atoms with E-state index in [1.165, 1.54) is 0 Å². The number of fused-ring (bicyclic) bond motifs is 1. The molecule has 5 heteroatoms. The Morgan fingerprint density at radius 3 is 2.41 bits per heavy atom. The molecule has 0 radical (unpaired) electrons. The summed E-state index contributed by atoms with van der Waals surface area (Å²) in [4.78, 5) is 21.1. The summed E-state index contributed by atoms with van der Waals surface area (Å²) in [6.07, 6.45) is 0. The fourth-order valence-corrected chi connectivity index (χ4v) is 2.24. The molecular formula is C17H24BrN3O. The Kier molecular flexibility index (Phi) is 6.48. The Balaban J connectivity index is 0.00000116. The first-order chi connectivity index (χ1) is 10.3. The standard InChI is InChI=1S/C15H18BrN3O.C2H6/c1-9-14(19-15(2,3)4)18-13-10(12(20)8-16)6-5-7-11(13)17-9;1-2/h5-7H,8H2,1-4H3,(H,18,19);1-2H3. The average molecular weight is 366 g/mol. The largest absolute Gasteiger partial charge is 0.364 e. The van der Waals surface area contributed by atoms with Gasteiger partial charge in [0, 0.05) is 11.1 Å². The molecule has 22 heavy (non-hydrogen) atoms. The van der Waals surface area contributed by atoms with Crippen LogP contribution in [0.5, 0.6) is 0 Å². The number of hydrogen-bond acceptors (Lipinski definition) is 4. The van der Waals surface area contributed by atoms with Crippen LogP contribution in [0.25, 0.3) is 11.0 Å². The van der Waals surface area contributed by atoms with Crippen LogP contribution < -0.4 is 5.32 Å². The molecule has 1 aromatic carbocycles. The van der Waals surface area contributed by atoms with Crippen LogP contribution >= 0.6 is 15.9 Å². The molecule has 0 fully saturated rings. The Hall–Kier alpha value is -1.49. The van der Waals surface area contributed by atoms with E-state index in [4.69, 9.17) is 0 Å². The third kappa shape index (κ3) is 4.50. The van der Waals surface area contributed by atoms with Gasteiger partial charge in [-0.05, 0) is 39.8 Å². The van der Waals surface area contributed by atoms with Crippen LogP contribution in [0.15, 0.2) is 18.2 Å². The predicted octanol–water partition coefficient (Wildman–Crippen LogP) is 4.75. The highest BCUT2D eigenvalue weighted by atomic mass is 79.9. The molecule has 0 aliphatic rings. The third-order valence-corrected chi connectivity index (χ3v) is 3.29. The smallest absolute Gasteiger partial charge is 0.175 e. The second-order valence-corrected chi connectivity index (χ2v) is 6.32. The number of aromatic nitrogens is 2. The van der Waals surface area contributed by atoms with Crippen LogP contribution in [-0.2, 0) is 0 Å². The van der Waals surface area contributed by atoms with E-state index in [0.29, 0.717) is 11.1 Å². The zero-order valence-electron chi connectivity index (χ0n) is 14.1. The quantitative estimate of drug-likeness (QED) is 0.629. The molecule has 0 spiro atoms. The van der Waals surface area contributed by atoms with Crippen LogP contribution in [0.1, 0.15) is 50.7 Å². The lowest BCUT2D eigenvalue weighted by Gasteiger charge is -2.22. The van der Waals surface area contributed by atoms with Crippen molar-refractivity contribution in [1.29, 1.82) is 0 Å². The summed E-state index contributed by atoms with van der Waals surface area (Å²) in [5.41, 5.74) is 2.71. The number of benzene rings is 1. The van der Waals surface area contributed by atoms with Crippen molar-refractivity contribution in [1.82, 2.24) is 9.97 Å². The molecule has 0 atom stereocenters. The van der Waals surface area contributed by atoms with Crippen LogP contribution in [0.2, 0.25) is 0 Å². The van der Waals surface area contributed by atoms with Gasteiger partial charge in [0.2, 0.25) is 0 Å². The van der Waals surface area contributed by atoms with Crippen LogP contribution in [0.3, 0.4) is 0 Å². The van der Waals surface area contributed by atoms with Gasteiger partial charge in [0.1, 0.15) is 11.3 Å². The molecule has 0 aliphatic carbocycles. The van der Waals surface area contributed by atoms with E-state index in [1.54, 1.807) is 6.07 Å². The number of alkyl halides is 1. The highest BCUT2D eigenvalue weighted by Crippen LogP contribution is 2.22. The van der Waals surface area contributed by atoms with Gasteiger partial charge in [-0.25, -0.2) is 9.97 Å². The van der Waals surface area contributed by atoms with Crippen molar-refractivity contribution < 1.29 is 4.79 Å². The number of hydrogen-bond donors (Lipinski definition) is 1. The van der Waals surface area contributed by atoms with Crippen LogP contribution in [-0.4, -0.2) is 26.6 Å². The second kappa shape index (κ2) is 7.68. The third-order valence-electron chi connectivity index (χ3n) is 2.78. The lowest BCUT2D eigenvalue weighted by atomic mass is 10.1. The maximum atomic E-state index is 12.0. The van der Waals surface area contributed by atoms with E-state index >= 15 is 0 Å². The molecule has 2 rings (SSSR count). The topological polar surface area (TPSA) is 54.9 Å². The molecule has 2 aromatic rings. The van der Waals surface area contributed by atoms with E-state index in [2.05, 4.69) is 52.0 Å². The number of ketones is 1. The lowest BCUT2D eigenvalue weighted by Crippen LogP contribution is -2.27. The number of nitrogens with one attached hydrogen (secondary N) is 1. The minimum atomic E-state index is -0.110. The summed E-state index contributed by atoms with van der Waals surface area (Å²) in [6, 6.07) is 5.50. The summed E-state index contributed by atoms with van der Waals surface area (Å²) in [5.74, 6) is 0.732. The van der Waals surface area contributed by atoms with E-state index in [0.717, 1.165) is 17.0 Å². The molecule has 0 bridgehead atoms. The molecule has 4 nitrogen and oxygen atoms in total. The summed E-state index contributed by atoms with van der Waals surface area (Å²) in [5, 5.41) is 3.61. The fraction of sp³-hybridized carbons (Fsp3) is 0.471. The number of nitrogens with zero attached hydrogens (tertiary/aromatic N) is 2. The molecule has 0 saturated carbocycles. The zero-order valence-corrected chi connectivity index (χ0v) is 15.7. The molecule has 1 N–H and O–H groups in total. The first kappa shape index (κ1) is 18.6. The van der Waals surface area contributed by atoms with Gasteiger partial charge >= 0.3 is 0 Å². The van der Waals surface area contributed by atoms with E-state index in [1.807, 2.05) is 32.9 Å². The number of carbonyl (C=O) groups excluding carboxylic acids is 1. The summed E-state index contributed by atoms with van der Waals surface area (Å²) >= 11 is 3.21. The van der Waals surface area contributed by atoms with Gasteiger partial charge in [-0.1, -0.05) is 35.8 Å². The fourth-order valence-electron chi connectivity index (χ4n) is 1.94. The Bertz CT molecular complexity index is 663. The van der Waals surface area contributed by atoms with Crippen molar-refractivity contribution in [3.8, 4) is 0 Å². The molecule has 0 saturated heterocycles. The number of carbonyl (C=O) groups is 1. The molecule has 120 valence electrons. The summed E-state index contributed by atoms with van der Waals surface area (Å²) in [6.45, 7) is 12.1. The Morgan fingerprint density at radius 1 is 1.23 bits per heavy atom. The monoisotopic (exact) mass is 365 g/mol. The molecule has 0 aliphatic heterocycles. The van der Waals surface area contributed by atoms with Crippen molar-refractivity contribution in [2.45, 2.75) is 47.1 Å². The molecule has 1 heterocycles. The highest BCUT2D eigenvalue weighted by Gasteiger charge is 2.16. The first-order valence-electron chi connectivity index (χ1n) is 7.46. The molecule has 0 amide bonds. The van der Waals surface area contributed by atoms with Crippen molar-refractivity contribution in [2.24, 2.45) is 0 Å². The van der Waals surface area contributed by atoms with Crippen molar-refractivity contribution in [2.75, 3.05) is 10.6 Å². The number of Topliss-reactive ketones (excluding diaryl/α,β-unsaturated/α-hetero) is 1. The number of halogens is 1. The number of rotatable bonds is 3. The van der Waals surface area contributed by atoms with Gasteiger partial charge in [0.15, 0.2) is 5.78 Å². The SMILES string of the molecule is CC.Cc1nc2cccc(C(=O)CBr)c2nc1NC(C)(C)C. The minimum absolute atomic E-state index is 0.00969. The number of aryl methyl sites for hydroxylation is 1. The molecular weight excluding hydrogens is 342 g/mol. The van der Waals surface area contributed by atoms with Gasteiger partial charge in [-0.2, -0.15) is 0 Å². The van der Waals surface area contributed by atoms with Gasteiger partial charge in [0.25, 0.3) is 0 Å². The maximum absolute atomic E-state index is 12.0. The van der Waals surface area contributed by atoms with E-state index < -0.39 is 0 Å². The van der Waals surface area contributed by atoms with E-state index in [-0.39, 0.29) is 16.7 Å². The number of anilines is 1. The van der Waals surface area contributed by atoms with Gasteiger partial charge in [-0.3, -0.25) is 4.79 Å². The minimum Gasteiger partial charge on any atom is -0.364 e. The Morgan fingerprint density at radius 2 is 1.86 bits per heavy atom. The average Bonchev–Trinajstić information content (AvgIpc) is 2.47. The second-order valence-electron chi connectivity index (χ2n) is 5.76. The van der Waals surface area contributed by atoms with E-state index in [9.17, 15) is 4.79 Å². The zero-order chi connectivity index (χ0) is 16.9. The summed E-state index contributed by atoms with van der Waals surface area (Å²) in [7, 11) is 0. The summed E-state index contributed by atoms with van der Waals surface area (Å²) < 4.78 is 0. The van der Waals surface area contributed by atoms with Crippen molar-refractivity contribution >= 4 is 38.6 Å². The predicted molar refractivity (Wildman–Crippen MR) is 97.1 cm³/mol. The molecule has 1 aromatic heterocycles. The van der Waals surface area contributed by atoms with Gasteiger partial charge in [-0.15, -0.1) is 0 Å². The van der Waals surface area contributed by atoms with Crippen molar-refractivity contribution in [3.05, 3.63) is 29.5 Å². The first-order valence-corrected chi connectivity index (χ1v) is 8.58. The van der Waals surface area contributed by atoms with Crippen LogP contribution in [0, 0.1) is 6.92 Å². The van der Waals surface area contributed by atoms with Crippen molar-refractivity contribution in [3.63, 3.8) is 0 Å². The van der Waals surface area contributed by atoms with Gasteiger partial charge < -0.3 is 5.32 Å². The maximum Gasteiger partial charge on any atom is 0.175 e. The highest BCUT2D eigenvalue weighted by molar-refractivity contribution is 9.09.